The van der Waals surface area contributed by atoms with E-state index < -0.39 is 32.6 Å². The number of benzene rings is 1. The van der Waals surface area contributed by atoms with Crippen LogP contribution in [-0.2, 0) is 14.9 Å². The van der Waals surface area contributed by atoms with E-state index in [0.29, 0.717) is 0 Å². The van der Waals surface area contributed by atoms with Gasteiger partial charge in [0.25, 0.3) is 5.91 Å². The van der Waals surface area contributed by atoms with Gasteiger partial charge >= 0.3 is 35.2 Å². The van der Waals surface area contributed by atoms with Gasteiger partial charge in [0.2, 0.25) is 5.09 Å². The van der Waals surface area contributed by atoms with Crippen molar-refractivity contribution in [3.8, 4) is 5.75 Å². The zero-order valence-electron chi connectivity index (χ0n) is 13.3. The van der Waals surface area contributed by atoms with Crippen LogP contribution in [0.25, 0.3) is 0 Å². The zero-order valence-corrected chi connectivity index (χ0v) is 16.1. The fraction of sp³-hybridized carbons (Fsp3) is 0.0769. The van der Waals surface area contributed by atoms with Gasteiger partial charge in [-0.05, 0) is 18.2 Å². The molecule has 0 saturated heterocycles. The van der Waals surface area contributed by atoms with Crippen LogP contribution in [0.4, 0.5) is 5.69 Å². The number of para-hydroxylation sites is 2. The molecule has 2 rings (SSSR count). The summed E-state index contributed by atoms with van der Waals surface area (Å²) >= 11 is 0. The van der Waals surface area contributed by atoms with Crippen LogP contribution in [0.1, 0.15) is 5.76 Å². The minimum Gasteiger partial charge on any atom is -0.742 e. The molecule has 0 saturated carbocycles. The summed E-state index contributed by atoms with van der Waals surface area (Å²) in [5.41, 5.74) is 1.76. The number of nitro groups is 1. The third-order valence-corrected chi connectivity index (χ3v) is 3.36. The number of nitrogens with one attached hydrogen (secondary N) is 1. The summed E-state index contributed by atoms with van der Waals surface area (Å²) in [7, 11) is -4.71. The molecule has 1 amide bonds. The van der Waals surface area contributed by atoms with E-state index in [4.69, 9.17) is 9.15 Å². The quantitative estimate of drug-likeness (QED) is 0.180. The number of furan rings is 1. The van der Waals surface area contributed by atoms with Crippen molar-refractivity contribution in [1.29, 1.82) is 0 Å². The molecular weight excluding hydrogens is 381 g/mol. The van der Waals surface area contributed by atoms with Crippen molar-refractivity contribution in [3.05, 3.63) is 52.3 Å². The first kappa shape index (κ1) is 21.8. The summed E-state index contributed by atoms with van der Waals surface area (Å²) in [6.07, 6.45) is 0.970. The van der Waals surface area contributed by atoms with Crippen molar-refractivity contribution in [2.24, 2.45) is 5.10 Å². The van der Waals surface area contributed by atoms with Crippen LogP contribution in [0.5, 0.6) is 5.75 Å². The predicted molar refractivity (Wildman–Crippen MR) is 81.0 cm³/mol. The van der Waals surface area contributed by atoms with Crippen molar-refractivity contribution in [2.45, 2.75) is 5.09 Å². The van der Waals surface area contributed by atoms with Crippen molar-refractivity contribution in [2.75, 3.05) is 6.61 Å². The number of rotatable bonds is 7. The van der Waals surface area contributed by atoms with Crippen LogP contribution in [0.2, 0.25) is 0 Å². The predicted octanol–water partition coefficient (Wildman–Crippen LogP) is -2.37. The Labute approximate surface area is 169 Å². The van der Waals surface area contributed by atoms with Gasteiger partial charge in [0.05, 0.1) is 11.1 Å². The maximum atomic E-state index is 11.6. The minimum absolute atomic E-state index is 0. The number of amides is 1. The zero-order chi connectivity index (χ0) is 18.4. The van der Waals surface area contributed by atoms with Crippen LogP contribution >= 0.6 is 0 Å². The van der Waals surface area contributed by atoms with Gasteiger partial charge < -0.3 is 13.7 Å². The molecule has 2 aromatic rings. The molecule has 1 heterocycles. The van der Waals surface area contributed by atoms with Crippen LogP contribution in [0.3, 0.4) is 0 Å². The van der Waals surface area contributed by atoms with Gasteiger partial charge in [0, 0.05) is 6.07 Å². The molecule has 26 heavy (non-hydrogen) atoms. The topological polar surface area (TPSA) is 164 Å². The SMILES string of the molecule is O=C(COc1ccccc1[N+](=O)[O-])N/N=C/c1ccc(S(=O)(=O)[O-])o1.[Na+]. The number of nitro benzene ring substituents is 1. The third-order valence-electron chi connectivity index (χ3n) is 2.65. The molecule has 0 spiro atoms. The number of carbonyl (C=O) groups is 1. The first-order chi connectivity index (χ1) is 11.8. The molecule has 11 nitrogen and oxygen atoms in total. The molecule has 13 heteroatoms. The van der Waals surface area contributed by atoms with E-state index in [2.05, 4.69) is 5.10 Å². The van der Waals surface area contributed by atoms with Gasteiger partial charge in [-0.1, -0.05) is 12.1 Å². The van der Waals surface area contributed by atoms with Crippen molar-refractivity contribution in [1.82, 2.24) is 5.43 Å². The Bertz CT molecular complexity index is 925. The van der Waals surface area contributed by atoms with Crippen LogP contribution in [0.15, 0.2) is 51.0 Å². The molecule has 0 radical (unpaired) electrons. The fourth-order valence-electron chi connectivity index (χ4n) is 1.61. The molecular formula is C13H10N3NaO8S. The summed E-state index contributed by atoms with van der Waals surface area (Å²) in [5.74, 6) is -0.880. The molecule has 132 valence electrons. The Morgan fingerprint density at radius 1 is 1.31 bits per heavy atom. The van der Waals surface area contributed by atoms with E-state index in [1.807, 2.05) is 5.43 Å². The number of ether oxygens (including phenoxy) is 1. The summed E-state index contributed by atoms with van der Waals surface area (Å²) in [6.45, 7) is -0.541. The number of nitrogens with zero attached hydrogens (tertiary/aromatic N) is 2. The second-order valence-corrected chi connectivity index (χ2v) is 5.73. The number of hydrazone groups is 1. The van der Waals surface area contributed by atoms with E-state index >= 15 is 0 Å². The first-order valence-electron chi connectivity index (χ1n) is 6.51. The Morgan fingerprint density at radius 3 is 2.62 bits per heavy atom. The second kappa shape index (κ2) is 9.45. The van der Waals surface area contributed by atoms with Crippen molar-refractivity contribution >= 4 is 27.9 Å². The van der Waals surface area contributed by atoms with Crippen LogP contribution in [0, 0.1) is 10.1 Å². The Hall–Kier alpha value is -2.25. The van der Waals surface area contributed by atoms with E-state index in [0.717, 1.165) is 12.3 Å². The molecule has 1 aromatic heterocycles. The Morgan fingerprint density at radius 2 is 2.00 bits per heavy atom. The molecule has 0 aliphatic rings. The summed E-state index contributed by atoms with van der Waals surface area (Å²) in [4.78, 5) is 21.7. The van der Waals surface area contributed by atoms with E-state index in [-0.39, 0.29) is 46.8 Å². The molecule has 0 atom stereocenters. The van der Waals surface area contributed by atoms with E-state index in [1.165, 1.54) is 30.3 Å². The maximum absolute atomic E-state index is 11.6. The normalized spacial score (nSPS) is 11.0. The summed E-state index contributed by atoms with van der Waals surface area (Å²) < 4.78 is 41.8. The summed E-state index contributed by atoms with van der Waals surface area (Å²) in [6, 6.07) is 7.64. The average Bonchev–Trinajstić information content (AvgIpc) is 3.02. The standard InChI is InChI=1S/C13H11N3O8S.Na/c17-12(8-23-11-4-2-1-3-10(11)16(18)19)15-14-7-9-5-6-13(24-9)25(20,21)22;/h1-7H,8H2,(H,15,17)(H,20,21,22);/q;+1/p-1/b14-7+;. The van der Waals surface area contributed by atoms with Gasteiger partial charge in [-0.3, -0.25) is 14.9 Å². The average molecular weight is 391 g/mol. The molecule has 1 aromatic carbocycles. The second-order valence-electron chi connectivity index (χ2n) is 4.42. The van der Waals surface area contributed by atoms with Gasteiger partial charge in [-0.2, -0.15) is 5.10 Å². The summed E-state index contributed by atoms with van der Waals surface area (Å²) in [5, 5.41) is 13.5. The van der Waals surface area contributed by atoms with Gasteiger partial charge in [0.15, 0.2) is 22.5 Å². The molecule has 0 fully saturated rings. The van der Waals surface area contributed by atoms with Crippen LogP contribution < -0.4 is 39.7 Å². The first-order valence-corrected chi connectivity index (χ1v) is 7.92. The van der Waals surface area contributed by atoms with Gasteiger partial charge in [-0.25, -0.2) is 13.8 Å². The Balaban J connectivity index is 0.00000338. The smallest absolute Gasteiger partial charge is 0.742 e. The van der Waals surface area contributed by atoms with Crippen LogP contribution in [-0.4, -0.2) is 36.6 Å². The maximum Gasteiger partial charge on any atom is 1.00 e. The molecule has 0 aliphatic carbocycles. The minimum atomic E-state index is -4.71. The van der Waals surface area contributed by atoms with E-state index in [1.54, 1.807) is 0 Å². The van der Waals surface area contributed by atoms with Crippen molar-refractivity contribution in [3.63, 3.8) is 0 Å². The Kier molecular flexibility index (Phi) is 7.92. The molecule has 0 unspecified atom stereocenters. The molecule has 0 aliphatic heterocycles. The molecule has 1 N–H and O–H groups in total. The third kappa shape index (κ3) is 6.24. The number of hydrogen-bond acceptors (Lipinski definition) is 9. The van der Waals surface area contributed by atoms with Crippen molar-refractivity contribution < 1.29 is 61.4 Å². The molecule has 0 bridgehead atoms. The fourth-order valence-corrected chi connectivity index (χ4v) is 2.04. The number of hydrogen-bond donors (Lipinski definition) is 1. The van der Waals surface area contributed by atoms with Gasteiger partial charge in [0.1, 0.15) is 5.76 Å². The number of carbonyl (C=O) groups excluding carboxylic acids is 1. The monoisotopic (exact) mass is 391 g/mol. The van der Waals surface area contributed by atoms with Gasteiger partial charge in [-0.15, -0.1) is 0 Å². The van der Waals surface area contributed by atoms with E-state index in [9.17, 15) is 27.9 Å². The largest absolute Gasteiger partial charge is 1.00 e.